The molecule has 2 N–H and O–H groups in total. The third-order valence-corrected chi connectivity index (χ3v) is 5.76. The van der Waals surface area contributed by atoms with Gasteiger partial charge in [-0.15, -0.1) is 0 Å². The maximum Gasteiger partial charge on any atom is 0.357 e. The van der Waals surface area contributed by atoms with Crippen molar-refractivity contribution < 1.29 is 23.5 Å². The van der Waals surface area contributed by atoms with Crippen molar-refractivity contribution in [1.82, 2.24) is 0 Å². The summed E-state index contributed by atoms with van der Waals surface area (Å²) in [6, 6.07) is 15.5. The van der Waals surface area contributed by atoms with Crippen LogP contribution in [0.25, 0.3) is 0 Å². The Hall–Kier alpha value is -2.14. The van der Waals surface area contributed by atoms with E-state index in [-0.39, 0.29) is 18.8 Å². The van der Waals surface area contributed by atoms with Crippen molar-refractivity contribution in [3.63, 3.8) is 0 Å². The van der Waals surface area contributed by atoms with Crippen LogP contribution in [0.2, 0.25) is 0 Å². The molecule has 2 aromatic carbocycles. The molecule has 0 radical (unpaired) electrons. The van der Waals surface area contributed by atoms with Crippen molar-refractivity contribution in [3.8, 4) is 0 Å². The summed E-state index contributed by atoms with van der Waals surface area (Å²) in [5.74, 6) is -1.78. The van der Waals surface area contributed by atoms with Gasteiger partial charge in [0.05, 0.1) is 18.8 Å². The van der Waals surface area contributed by atoms with Crippen LogP contribution >= 0.6 is 7.60 Å². The van der Waals surface area contributed by atoms with E-state index in [9.17, 15) is 9.36 Å². The molecule has 0 aliphatic rings. The summed E-state index contributed by atoms with van der Waals surface area (Å²) in [5.41, 5.74) is 1.39. The van der Waals surface area contributed by atoms with Crippen molar-refractivity contribution in [3.05, 3.63) is 65.7 Å². The minimum absolute atomic E-state index is 0.138. The molecule has 1 atom stereocenters. The fourth-order valence-electron chi connectivity index (χ4n) is 2.43. The first-order valence-corrected chi connectivity index (χ1v) is 9.65. The zero-order chi connectivity index (χ0) is 18.3. The first-order chi connectivity index (χ1) is 12.0. The molecule has 0 spiro atoms. The normalized spacial score (nSPS) is 12.6. The molecular formula is C18H22NO5P. The third kappa shape index (κ3) is 4.92. The van der Waals surface area contributed by atoms with Crippen molar-refractivity contribution in [1.29, 1.82) is 0 Å². The highest BCUT2D eigenvalue weighted by Gasteiger charge is 2.37. The number of carboxylic acid groups (broad SMARTS) is 1. The predicted molar refractivity (Wildman–Crippen MR) is 97.1 cm³/mol. The van der Waals surface area contributed by atoms with Crippen LogP contribution in [0.5, 0.6) is 0 Å². The number of anilines is 1. The van der Waals surface area contributed by atoms with Crippen LogP contribution < -0.4 is 5.32 Å². The van der Waals surface area contributed by atoms with Gasteiger partial charge in [0.1, 0.15) is 0 Å². The largest absolute Gasteiger partial charge is 0.478 e. The highest BCUT2D eigenvalue weighted by atomic mass is 31.2. The lowest BCUT2D eigenvalue weighted by molar-refractivity contribution is 0.0697. The van der Waals surface area contributed by atoms with Crippen LogP contribution in [0.1, 0.15) is 35.6 Å². The highest BCUT2D eigenvalue weighted by Crippen LogP contribution is 2.60. The molecule has 0 aliphatic carbocycles. The number of rotatable bonds is 9. The van der Waals surface area contributed by atoms with E-state index in [1.54, 1.807) is 26.0 Å². The van der Waals surface area contributed by atoms with Gasteiger partial charge in [0.15, 0.2) is 5.78 Å². The van der Waals surface area contributed by atoms with E-state index in [0.29, 0.717) is 5.69 Å². The quantitative estimate of drug-likeness (QED) is 0.625. The molecule has 0 unspecified atom stereocenters. The Kier molecular flexibility index (Phi) is 6.76. The Morgan fingerprint density at radius 2 is 1.72 bits per heavy atom. The first kappa shape index (κ1) is 19.2. The summed E-state index contributed by atoms with van der Waals surface area (Å²) < 4.78 is 24.3. The first-order valence-electron chi connectivity index (χ1n) is 8.03. The van der Waals surface area contributed by atoms with Crippen molar-refractivity contribution in [2.24, 2.45) is 0 Å². The number of carboxylic acids is 1. The van der Waals surface area contributed by atoms with Crippen LogP contribution in [-0.2, 0) is 13.6 Å². The number of hydrogen-bond donors (Lipinski definition) is 2. The summed E-state index contributed by atoms with van der Waals surface area (Å²) in [7, 11) is -3.51. The fourth-order valence-corrected chi connectivity index (χ4v) is 4.36. The maximum atomic E-state index is 13.3. The second kappa shape index (κ2) is 8.81. The van der Waals surface area contributed by atoms with Gasteiger partial charge in [-0.2, -0.15) is 0 Å². The molecule has 0 heterocycles. The maximum absolute atomic E-state index is 13.3. The fraction of sp³-hybridized carbons (Fsp3) is 0.278. The van der Waals surface area contributed by atoms with Crippen LogP contribution in [0.4, 0.5) is 5.69 Å². The number of hydrogen-bond acceptors (Lipinski definition) is 5. The number of carbonyl (C=O) groups is 1. The lowest BCUT2D eigenvalue weighted by Crippen LogP contribution is -2.15. The summed E-state index contributed by atoms with van der Waals surface area (Å²) in [5, 5.41) is 12.3. The van der Waals surface area contributed by atoms with E-state index in [0.717, 1.165) is 5.56 Å². The molecule has 0 fully saturated rings. The van der Waals surface area contributed by atoms with E-state index in [1.165, 1.54) is 12.1 Å². The Labute approximate surface area is 147 Å². The molecule has 0 saturated carbocycles. The monoisotopic (exact) mass is 363 g/mol. The molecule has 6 nitrogen and oxygen atoms in total. The van der Waals surface area contributed by atoms with Gasteiger partial charge in [-0.3, -0.25) is 4.57 Å². The Bertz CT molecular complexity index is 740. The van der Waals surface area contributed by atoms with Crippen LogP contribution in [-0.4, -0.2) is 24.3 Å². The van der Waals surface area contributed by atoms with Crippen LogP contribution in [0, 0.1) is 0 Å². The summed E-state index contributed by atoms with van der Waals surface area (Å²) in [6.45, 7) is 3.96. The second-order valence-electron chi connectivity index (χ2n) is 5.22. The lowest BCUT2D eigenvalue weighted by Gasteiger charge is -2.28. The molecule has 2 rings (SSSR count). The van der Waals surface area contributed by atoms with Gasteiger partial charge < -0.3 is 19.5 Å². The molecule has 7 heteroatoms. The van der Waals surface area contributed by atoms with E-state index in [4.69, 9.17) is 14.2 Å². The standard InChI is InChI=1S/C18H22NO5P/c1-3-23-25(22,24-4-2)17(14-9-6-5-7-10-14)19-16-12-8-11-15(13-16)18(20)21/h5-13,17,19H,3-4H2,1-2H3,(H,20,21)/t17-/m0/s1. The van der Waals surface area contributed by atoms with Gasteiger partial charge >= 0.3 is 13.6 Å². The van der Waals surface area contributed by atoms with Gasteiger partial charge in [0, 0.05) is 5.69 Å². The van der Waals surface area contributed by atoms with Crippen LogP contribution in [0.15, 0.2) is 54.6 Å². The third-order valence-electron chi connectivity index (χ3n) is 3.46. The molecule has 2 aromatic rings. The van der Waals surface area contributed by atoms with Crippen molar-refractivity contribution >= 4 is 19.3 Å². The zero-order valence-corrected chi connectivity index (χ0v) is 15.1. The zero-order valence-electron chi connectivity index (χ0n) is 14.2. The Morgan fingerprint density at radius 3 is 2.28 bits per heavy atom. The minimum Gasteiger partial charge on any atom is -0.478 e. The average Bonchev–Trinajstić information content (AvgIpc) is 2.61. The highest BCUT2D eigenvalue weighted by molar-refractivity contribution is 7.54. The Balaban J connectivity index is 2.43. The number of nitrogens with one attached hydrogen (secondary N) is 1. The smallest absolute Gasteiger partial charge is 0.357 e. The van der Waals surface area contributed by atoms with Gasteiger partial charge in [-0.25, -0.2) is 4.79 Å². The number of benzene rings is 2. The molecule has 0 aromatic heterocycles. The molecule has 134 valence electrons. The van der Waals surface area contributed by atoms with Crippen molar-refractivity contribution in [2.75, 3.05) is 18.5 Å². The van der Waals surface area contributed by atoms with Gasteiger partial charge in [0.2, 0.25) is 0 Å². The SMILES string of the molecule is CCOP(=O)(OCC)[C@H](Nc1cccc(C(=O)O)c1)c1ccccc1. The van der Waals surface area contributed by atoms with Crippen molar-refractivity contribution in [2.45, 2.75) is 19.6 Å². The van der Waals surface area contributed by atoms with Gasteiger partial charge in [0.25, 0.3) is 0 Å². The summed E-state index contributed by atoms with van der Waals surface area (Å²) in [4.78, 5) is 11.2. The van der Waals surface area contributed by atoms with E-state index in [2.05, 4.69) is 5.32 Å². The number of aromatic carboxylic acids is 1. The minimum atomic E-state index is -3.51. The Morgan fingerprint density at radius 1 is 1.08 bits per heavy atom. The van der Waals surface area contributed by atoms with E-state index >= 15 is 0 Å². The van der Waals surface area contributed by atoms with Gasteiger partial charge in [-0.1, -0.05) is 36.4 Å². The molecule has 0 bridgehead atoms. The van der Waals surface area contributed by atoms with Crippen LogP contribution in [0.3, 0.4) is 0 Å². The second-order valence-corrected chi connectivity index (χ2v) is 7.33. The van der Waals surface area contributed by atoms with Gasteiger partial charge in [-0.05, 0) is 37.6 Å². The van der Waals surface area contributed by atoms with E-state index < -0.39 is 19.3 Å². The predicted octanol–water partition coefficient (Wildman–Crippen LogP) is 4.76. The average molecular weight is 363 g/mol. The van der Waals surface area contributed by atoms with E-state index in [1.807, 2.05) is 30.3 Å². The molecular weight excluding hydrogens is 341 g/mol. The summed E-state index contributed by atoms with van der Waals surface area (Å²) >= 11 is 0. The molecule has 0 saturated heterocycles. The molecule has 0 aliphatic heterocycles. The topological polar surface area (TPSA) is 84.9 Å². The summed E-state index contributed by atoms with van der Waals surface area (Å²) in [6.07, 6.45) is 0. The molecule has 25 heavy (non-hydrogen) atoms. The molecule has 0 amide bonds. The lowest BCUT2D eigenvalue weighted by atomic mass is 10.2.